The molecule has 0 bridgehead atoms. The van der Waals surface area contributed by atoms with Crippen LogP contribution in [0, 0.1) is 5.41 Å². The third-order valence-corrected chi connectivity index (χ3v) is 7.35. The van der Waals surface area contributed by atoms with Gasteiger partial charge >= 0.3 is 7.60 Å². The van der Waals surface area contributed by atoms with E-state index >= 15 is 0 Å². The van der Waals surface area contributed by atoms with E-state index in [1.165, 1.54) is 0 Å². The molecule has 0 heterocycles. The van der Waals surface area contributed by atoms with Crippen LogP contribution < -0.4 is 10.4 Å². The van der Waals surface area contributed by atoms with Gasteiger partial charge < -0.3 is 24.1 Å². The molecule has 3 N–H and O–H groups in total. The Morgan fingerprint density at radius 1 is 0.964 bits per heavy atom. The monoisotopic (exact) mass is 424 g/mol. The van der Waals surface area contributed by atoms with E-state index in [1.54, 1.807) is 0 Å². The summed E-state index contributed by atoms with van der Waals surface area (Å²) in [5, 5.41) is 12.0. The molecule has 0 saturated carbocycles. The molecular formula is C20H29O6PSi. The minimum absolute atomic E-state index is 0.396. The van der Waals surface area contributed by atoms with Crippen molar-refractivity contribution in [3.05, 3.63) is 60.7 Å². The lowest BCUT2D eigenvalue weighted by atomic mass is 9.86. The Morgan fingerprint density at radius 2 is 1.43 bits per heavy atom. The molecule has 0 aliphatic carbocycles. The summed E-state index contributed by atoms with van der Waals surface area (Å²) in [5.74, 6) is 0. The zero-order valence-corrected chi connectivity index (χ0v) is 18.5. The highest BCUT2D eigenvalue weighted by Gasteiger charge is 2.37. The van der Waals surface area contributed by atoms with Crippen LogP contribution in [0.5, 0.6) is 0 Å². The van der Waals surface area contributed by atoms with Crippen LogP contribution in [0.3, 0.4) is 0 Å². The first kappa shape index (κ1) is 23.0. The second-order valence-corrected chi connectivity index (χ2v) is 11.8. The van der Waals surface area contributed by atoms with Gasteiger partial charge in [0.25, 0.3) is 0 Å². The molecule has 0 spiro atoms. The molecule has 2 rings (SSSR count). The second-order valence-electron chi connectivity index (χ2n) is 7.81. The number of ether oxygens (including phenoxy) is 1. The van der Waals surface area contributed by atoms with E-state index < -0.39 is 47.2 Å². The Labute approximate surface area is 168 Å². The quantitative estimate of drug-likeness (QED) is 0.417. The molecular weight excluding hydrogens is 395 g/mol. The summed E-state index contributed by atoms with van der Waals surface area (Å²) in [7, 11) is -6.48. The van der Waals surface area contributed by atoms with Crippen LogP contribution in [0.4, 0.5) is 0 Å². The van der Waals surface area contributed by atoms with Crippen LogP contribution >= 0.6 is 7.60 Å². The number of hydrogen-bond donors (Lipinski definition) is 3. The fourth-order valence-corrected chi connectivity index (χ4v) is 6.14. The van der Waals surface area contributed by atoms with E-state index in [1.807, 2.05) is 81.4 Å². The smallest absolute Gasteiger partial charge is 0.350 e. The molecule has 0 aliphatic heterocycles. The molecule has 0 radical (unpaired) electrons. The summed E-state index contributed by atoms with van der Waals surface area (Å²) in [6.45, 7) is 5.49. The number of rotatable bonds is 9. The van der Waals surface area contributed by atoms with Gasteiger partial charge in [0.2, 0.25) is 9.04 Å². The van der Waals surface area contributed by atoms with Gasteiger partial charge in [-0.25, -0.2) is 0 Å². The number of aliphatic hydroxyl groups excluding tert-OH is 1. The van der Waals surface area contributed by atoms with Crippen molar-refractivity contribution >= 4 is 27.0 Å². The fraction of sp³-hybridized carbons (Fsp3) is 0.400. The zero-order chi connectivity index (χ0) is 20.8. The van der Waals surface area contributed by atoms with Gasteiger partial charge in [-0.3, -0.25) is 4.57 Å². The van der Waals surface area contributed by atoms with Crippen molar-refractivity contribution in [2.24, 2.45) is 5.41 Å². The van der Waals surface area contributed by atoms with Crippen LogP contribution in [0.2, 0.25) is 0 Å². The highest BCUT2D eigenvalue weighted by atomic mass is 31.2. The highest BCUT2D eigenvalue weighted by molar-refractivity contribution is 7.51. The van der Waals surface area contributed by atoms with Gasteiger partial charge in [0.1, 0.15) is 12.5 Å². The molecule has 0 saturated heterocycles. The summed E-state index contributed by atoms with van der Waals surface area (Å²) >= 11 is 0. The Morgan fingerprint density at radius 3 is 1.79 bits per heavy atom. The lowest BCUT2D eigenvalue weighted by Crippen LogP contribution is -2.54. The zero-order valence-electron chi connectivity index (χ0n) is 16.4. The van der Waals surface area contributed by atoms with Crippen molar-refractivity contribution in [3.8, 4) is 0 Å². The summed E-state index contributed by atoms with van der Waals surface area (Å²) in [6.07, 6.45) is -2.16. The van der Waals surface area contributed by atoms with E-state index in [9.17, 15) is 9.67 Å². The maximum absolute atomic E-state index is 11.2. The van der Waals surface area contributed by atoms with Crippen LogP contribution in [0.25, 0.3) is 0 Å². The predicted octanol–water partition coefficient (Wildman–Crippen LogP) is 1.47. The summed E-state index contributed by atoms with van der Waals surface area (Å²) in [6, 6.07) is 19.8. The van der Waals surface area contributed by atoms with Crippen molar-refractivity contribution in [2.75, 3.05) is 13.0 Å². The van der Waals surface area contributed by atoms with E-state index in [2.05, 4.69) is 0 Å². The first-order valence-corrected chi connectivity index (χ1v) is 12.6. The summed E-state index contributed by atoms with van der Waals surface area (Å²) in [4.78, 5) is 18.3. The summed E-state index contributed by atoms with van der Waals surface area (Å²) in [5.41, 5.74) is -0.420. The molecule has 0 aliphatic rings. The second kappa shape index (κ2) is 9.94. The topological polar surface area (TPSA) is 96.2 Å². The van der Waals surface area contributed by atoms with E-state index in [0.717, 1.165) is 10.4 Å². The molecule has 0 fully saturated rings. The van der Waals surface area contributed by atoms with E-state index in [0.29, 0.717) is 0 Å². The maximum Gasteiger partial charge on any atom is 0.350 e. The largest absolute Gasteiger partial charge is 0.405 e. The van der Waals surface area contributed by atoms with Crippen LogP contribution in [0.1, 0.15) is 20.8 Å². The number of hydrogen-bond acceptors (Lipinski definition) is 4. The van der Waals surface area contributed by atoms with Crippen molar-refractivity contribution < 1.29 is 28.6 Å². The van der Waals surface area contributed by atoms with Crippen molar-refractivity contribution in [1.29, 1.82) is 0 Å². The molecule has 1 unspecified atom stereocenters. The molecule has 2 aromatic carbocycles. The predicted molar refractivity (Wildman–Crippen MR) is 112 cm³/mol. The number of benzene rings is 2. The van der Waals surface area contributed by atoms with Gasteiger partial charge in [-0.15, -0.1) is 0 Å². The van der Waals surface area contributed by atoms with Gasteiger partial charge in [-0.05, 0) is 15.8 Å². The lowest BCUT2D eigenvalue weighted by molar-refractivity contribution is -0.0801. The molecule has 6 nitrogen and oxygen atoms in total. The maximum atomic E-state index is 11.2. The highest BCUT2D eigenvalue weighted by Crippen LogP contribution is 2.36. The lowest BCUT2D eigenvalue weighted by Gasteiger charge is -2.38. The Hall–Kier alpha value is -1.31. The van der Waals surface area contributed by atoms with Crippen molar-refractivity contribution in [1.82, 2.24) is 0 Å². The molecule has 154 valence electrons. The average Bonchev–Trinajstić information content (AvgIpc) is 2.64. The van der Waals surface area contributed by atoms with Crippen molar-refractivity contribution in [3.63, 3.8) is 0 Å². The first-order chi connectivity index (χ1) is 13.1. The Balaban J connectivity index is 2.36. The van der Waals surface area contributed by atoms with Gasteiger partial charge in [-0.2, -0.15) is 0 Å². The Bertz CT molecular complexity index is 720. The van der Waals surface area contributed by atoms with Crippen LogP contribution in [-0.4, -0.2) is 49.1 Å². The van der Waals surface area contributed by atoms with Crippen molar-refractivity contribution in [2.45, 2.75) is 33.0 Å². The minimum Gasteiger partial charge on any atom is -0.405 e. The summed E-state index contributed by atoms with van der Waals surface area (Å²) < 4.78 is 23.3. The molecule has 0 amide bonds. The van der Waals surface area contributed by atoms with Gasteiger partial charge in [0.15, 0.2) is 0 Å². The average molecular weight is 425 g/mol. The minimum atomic E-state index is -4.35. The molecule has 0 aromatic heterocycles. The van der Waals surface area contributed by atoms with E-state index in [4.69, 9.17) is 18.9 Å². The standard InChI is InChI=1S/C20H29O6PSi/c1-20(2,3)19(18(14-21)25-15-27(22,23)24)26-28(16-10-6-4-7-11-16)17-12-8-5-9-13-17/h4-13,18-19,21,28H,14-15H2,1-3H3,(H2,22,23,24)/t18-,19?/m0/s1. The number of aliphatic hydroxyl groups is 1. The third-order valence-electron chi connectivity index (χ3n) is 4.32. The normalized spacial score (nSPS) is 14.8. The van der Waals surface area contributed by atoms with Crippen LogP contribution in [0.15, 0.2) is 60.7 Å². The molecule has 2 atom stereocenters. The van der Waals surface area contributed by atoms with E-state index in [-0.39, 0.29) is 0 Å². The van der Waals surface area contributed by atoms with Gasteiger partial charge in [-0.1, -0.05) is 81.4 Å². The first-order valence-electron chi connectivity index (χ1n) is 9.14. The van der Waals surface area contributed by atoms with Gasteiger partial charge in [0.05, 0.1) is 12.7 Å². The fourth-order valence-electron chi connectivity index (χ4n) is 3.03. The SMILES string of the molecule is CC(C)(C)C(O[SiH](c1ccccc1)c1ccccc1)[C@H](CO)OCP(=O)(O)O. The molecule has 2 aromatic rings. The molecule has 28 heavy (non-hydrogen) atoms. The van der Waals surface area contributed by atoms with Crippen LogP contribution in [-0.2, 0) is 13.7 Å². The molecule has 8 heteroatoms. The third kappa shape index (κ3) is 6.94. The van der Waals surface area contributed by atoms with Gasteiger partial charge in [0, 0.05) is 0 Å². The Kier molecular flexibility index (Phi) is 8.15.